The summed E-state index contributed by atoms with van der Waals surface area (Å²) >= 11 is 0. The first-order valence-corrected chi connectivity index (χ1v) is 10.2. The Kier molecular flexibility index (Phi) is 7.71. The van der Waals surface area contributed by atoms with E-state index in [1.807, 2.05) is 0 Å². The first kappa shape index (κ1) is 24.2. The molecule has 0 unspecified atom stereocenters. The van der Waals surface area contributed by atoms with Crippen molar-refractivity contribution in [1.29, 1.82) is 0 Å². The highest BCUT2D eigenvalue weighted by molar-refractivity contribution is 5.01. The summed E-state index contributed by atoms with van der Waals surface area (Å²) in [4.78, 5) is 0. The summed E-state index contributed by atoms with van der Waals surface area (Å²) in [6, 6.07) is -1.99. The lowest BCUT2D eigenvalue weighted by Gasteiger charge is -2.47. The molecule has 30 heavy (non-hydrogen) atoms. The molecule has 1 aliphatic carbocycles. The summed E-state index contributed by atoms with van der Waals surface area (Å²) in [5.41, 5.74) is 11.0. The van der Waals surface area contributed by atoms with Crippen molar-refractivity contribution in [1.82, 2.24) is 5.32 Å². The van der Waals surface area contributed by atoms with Crippen LogP contribution in [0.25, 0.3) is 0 Å². The quantitative estimate of drug-likeness (QED) is 0.199. The lowest BCUT2D eigenvalue weighted by atomic mass is 9.84. The molecule has 2 saturated heterocycles. The van der Waals surface area contributed by atoms with E-state index in [1.54, 1.807) is 7.05 Å². The van der Waals surface area contributed by atoms with Gasteiger partial charge in [0.25, 0.3) is 0 Å². The molecular weight excluding hydrogens is 402 g/mol. The van der Waals surface area contributed by atoms with E-state index >= 15 is 0 Å². The van der Waals surface area contributed by atoms with E-state index in [0.29, 0.717) is 0 Å². The van der Waals surface area contributed by atoms with E-state index in [4.69, 9.17) is 30.4 Å². The molecule has 3 fully saturated rings. The van der Waals surface area contributed by atoms with E-state index in [-0.39, 0.29) is 26.1 Å². The van der Waals surface area contributed by atoms with Crippen LogP contribution in [0.2, 0.25) is 0 Å². The molecule has 1 saturated carbocycles. The number of aliphatic hydroxyl groups excluding tert-OH is 4. The van der Waals surface area contributed by atoms with E-state index in [9.17, 15) is 25.5 Å². The largest absolute Gasteiger partial charge is 0.394 e. The SMILES string of the molecule is CN[C@@H]1[C@@H](O)[C@@H](O[C@@H]2[C@@H](O)[C@H](O[C@H]3C[C@H](O)[C@@H](CO)O3)[C@@H](N)C[C@H]2N)OC[C@]1(C)O. The Labute approximate surface area is 175 Å². The number of ether oxygens (including phenoxy) is 4. The monoisotopic (exact) mass is 437 g/mol. The van der Waals surface area contributed by atoms with Crippen LogP contribution in [-0.4, -0.2) is 119 Å². The van der Waals surface area contributed by atoms with Gasteiger partial charge in [-0.3, -0.25) is 0 Å². The van der Waals surface area contributed by atoms with Crippen molar-refractivity contribution in [3.63, 3.8) is 0 Å². The van der Waals surface area contributed by atoms with Gasteiger partial charge in [0, 0.05) is 18.5 Å². The number of aliphatic hydroxyl groups is 5. The maximum Gasteiger partial charge on any atom is 0.185 e. The van der Waals surface area contributed by atoms with Gasteiger partial charge in [0.05, 0.1) is 25.4 Å². The van der Waals surface area contributed by atoms with E-state index in [2.05, 4.69) is 5.32 Å². The second-order valence-corrected chi connectivity index (χ2v) is 8.64. The molecule has 0 aromatic heterocycles. The molecule has 0 radical (unpaired) electrons. The van der Waals surface area contributed by atoms with Crippen LogP contribution in [-0.2, 0) is 18.9 Å². The van der Waals surface area contributed by atoms with Gasteiger partial charge in [0.2, 0.25) is 0 Å². The molecule has 0 spiro atoms. The summed E-state index contributed by atoms with van der Waals surface area (Å²) in [7, 11) is 1.60. The maximum atomic E-state index is 10.9. The first-order valence-electron chi connectivity index (χ1n) is 10.2. The standard InChI is InChI=1S/C18H35N3O9/c1-18(26)6-27-17(13(25)16(18)21-2)30-15-8(20)3-7(19)14(12(15)24)29-11-4-9(23)10(5-22)28-11/h7-17,21-26H,3-6,19-20H2,1-2H3/t7-,8+,9-,10+,11-,12-,13+,14+,15-,16+,17+,18-/m0/s1. The zero-order chi connectivity index (χ0) is 22.2. The van der Waals surface area contributed by atoms with Gasteiger partial charge in [-0.2, -0.15) is 0 Å². The van der Waals surface area contributed by atoms with Crippen LogP contribution in [0.1, 0.15) is 19.8 Å². The van der Waals surface area contributed by atoms with Crippen LogP contribution in [0.5, 0.6) is 0 Å². The van der Waals surface area contributed by atoms with E-state index < -0.39 is 72.9 Å². The number of hydrogen-bond donors (Lipinski definition) is 8. The molecule has 3 rings (SSSR count). The van der Waals surface area contributed by atoms with E-state index in [0.717, 1.165) is 0 Å². The second kappa shape index (κ2) is 9.57. The summed E-state index contributed by atoms with van der Waals surface area (Å²) in [5.74, 6) is 0. The minimum atomic E-state index is -1.31. The zero-order valence-corrected chi connectivity index (χ0v) is 17.2. The fourth-order valence-electron chi connectivity index (χ4n) is 4.48. The highest BCUT2D eigenvalue weighted by Gasteiger charge is 2.50. The summed E-state index contributed by atoms with van der Waals surface area (Å²) in [5, 5.41) is 53.8. The molecule has 12 nitrogen and oxygen atoms in total. The lowest BCUT2D eigenvalue weighted by Crippen LogP contribution is -2.68. The summed E-state index contributed by atoms with van der Waals surface area (Å²) in [6.07, 6.45) is -7.59. The lowest BCUT2D eigenvalue weighted by molar-refractivity contribution is -0.302. The third-order valence-electron chi connectivity index (χ3n) is 6.17. The van der Waals surface area contributed by atoms with Crippen molar-refractivity contribution in [3.05, 3.63) is 0 Å². The predicted octanol–water partition coefficient (Wildman–Crippen LogP) is -4.30. The molecule has 12 heteroatoms. The predicted molar refractivity (Wildman–Crippen MR) is 102 cm³/mol. The minimum absolute atomic E-state index is 0.0892. The highest BCUT2D eigenvalue weighted by atomic mass is 16.7. The van der Waals surface area contributed by atoms with Crippen molar-refractivity contribution >= 4 is 0 Å². The Bertz CT molecular complexity index is 571. The van der Waals surface area contributed by atoms with Crippen LogP contribution in [0, 0.1) is 0 Å². The van der Waals surface area contributed by atoms with Crippen molar-refractivity contribution in [2.24, 2.45) is 11.5 Å². The fraction of sp³-hybridized carbons (Fsp3) is 1.00. The van der Waals surface area contributed by atoms with Gasteiger partial charge >= 0.3 is 0 Å². The number of nitrogens with one attached hydrogen (secondary N) is 1. The van der Waals surface area contributed by atoms with Crippen molar-refractivity contribution in [3.8, 4) is 0 Å². The van der Waals surface area contributed by atoms with Crippen molar-refractivity contribution in [2.45, 2.75) is 92.7 Å². The molecule has 10 N–H and O–H groups in total. The first-order chi connectivity index (χ1) is 14.1. The Morgan fingerprint density at radius 1 is 1.07 bits per heavy atom. The molecule has 2 aliphatic heterocycles. The van der Waals surface area contributed by atoms with Gasteiger partial charge in [0.15, 0.2) is 12.6 Å². The fourth-order valence-corrected chi connectivity index (χ4v) is 4.48. The normalized spacial score (nSPS) is 52.5. The van der Waals surface area contributed by atoms with Gasteiger partial charge in [-0.1, -0.05) is 0 Å². The molecule has 176 valence electrons. The number of likely N-dealkylation sites (N-methyl/N-ethyl adjacent to an activating group) is 1. The van der Waals surface area contributed by atoms with Crippen LogP contribution in [0.3, 0.4) is 0 Å². The smallest absolute Gasteiger partial charge is 0.185 e. The van der Waals surface area contributed by atoms with Crippen LogP contribution < -0.4 is 16.8 Å². The van der Waals surface area contributed by atoms with Crippen molar-refractivity contribution < 1.29 is 44.5 Å². The molecule has 0 aromatic carbocycles. The van der Waals surface area contributed by atoms with Gasteiger partial charge < -0.3 is 61.3 Å². The van der Waals surface area contributed by atoms with Crippen LogP contribution >= 0.6 is 0 Å². The second-order valence-electron chi connectivity index (χ2n) is 8.64. The summed E-state index contributed by atoms with van der Waals surface area (Å²) < 4.78 is 22.6. The van der Waals surface area contributed by atoms with E-state index in [1.165, 1.54) is 6.92 Å². The number of hydrogen-bond acceptors (Lipinski definition) is 12. The summed E-state index contributed by atoms with van der Waals surface area (Å²) in [6.45, 7) is 1.09. The third-order valence-corrected chi connectivity index (χ3v) is 6.17. The van der Waals surface area contributed by atoms with Gasteiger partial charge in [0.1, 0.15) is 36.1 Å². The Hall–Kier alpha value is -0.480. The molecular formula is C18H35N3O9. The minimum Gasteiger partial charge on any atom is -0.394 e. The Morgan fingerprint density at radius 2 is 1.70 bits per heavy atom. The number of rotatable bonds is 6. The van der Waals surface area contributed by atoms with Crippen molar-refractivity contribution in [2.75, 3.05) is 20.3 Å². The van der Waals surface area contributed by atoms with Gasteiger partial charge in [-0.25, -0.2) is 0 Å². The molecule has 0 amide bonds. The number of nitrogens with two attached hydrogens (primary N) is 2. The average molecular weight is 437 g/mol. The maximum absolute atomic E-state index is 10.9. The third kappa shape index (κ3) is 4.80. The average Bonchev–Trinajstić information content (AvgIpc) is 3.03. The Balaban J connectivity index is 1.66. The highest BCUT2D eigenvalue weighted by Crippen LogP contribution is 2.31. The molecule has 2 heterocycles. The molecule has 0 aromatic rings. The molecule has 12 atom stereocenters. The topological polar surface area (TPSA) is 202 Å². The molecule has 0 bridgehead atoms. The van der Waals surface area contributed by atoms with Crippen LogP contribution in [0.4, 0.5) is 0 Å². The van der Waals surface area contributed by atoms with Crippen LogP contribution in [0.15, 0.2) is 0 Å². The zero-order valence-electron chi connectivity index (χ0n) is 17.2. The molecule has 3 aliphatic rings. The van der Waals surface area contributed by atoms with Gasteiger partial charge in [-0.05, 0) is 20.4 Å². The van der Waals surface area contributed by atoms with Gasteiger partial charge in [-0.15, -0.1) is 0 Å². The Morgan fingerprint density at radius 3 is 2.27 bits per heavy atom.